The number of nitriles is 4. The predicted molar refractivity (Wildman–Crippen MR) is 382 cm³/mol. The quantitative estimate of drug-likeness (QED) is 0.0320. The lowest BCUT2D eigenvalue weighted by atomic mass is 9.65. The predicted octanol–water partition coefficient (Wildman–Crippen LogP) is 24.7. The van der Waals surface area contributed by atoms with Crippen LogP contribution in [0, 0.1) is 69.0 Å². The molecule has 91 heavy (non-hydrogen) atoms. The van der Waals surface area contributed by atoms with Gasteiger partial charge in [-0.3, -0.25) is 9.59 Å². The Hall–Kier alpha value is -5.74. The van der Waals surface area contributed by atoms with E-state index >= 15 is 0 Å². The van der Waals surface area contributed by atoms with Crippen LogP contribution in [0.5, 0.6) is 11.5 Å². The molecule has 3 aliphatic rings. The fourth-order valence-electron chi connectivity index (χ4n) is 13.4. The number of halogens is 4. The number of allylic oxidation sites excluding steroid dienone is 6. The van der Waals surface area contributed by atoms with Crippen molar-refractivity contribution in [1.82, 2.24) is 0 Å². The van der Waals surface area contributed by atoms with Gasteiger partial charge in [-0.25, -0.2) is 0 Å². The number of fused-ring (bicyclic) bond motifs is 5. The molecule has 0 amide bonds. The number of ketones is 2. The maximum absolute atomic E-state index is 14.5. The van der Waals surface area contributed by atoms with E-state index in [-0.39, 0.29) is 81.6 Å². The summed E-state index contributed by atoms with van der Waals surface area (Å²) in [5.41, 5.74) is 4.27. The summed E-state index contributed by atoms with van der Waals surface area (Å²) >= 11 is 32.8. The molecule has 0 N–H and O–H groups in total. The lowest BCUT2D eigenvalue weighted by Gasteiger charge is -2.37. The average molecular weight is 1370 g/mol. The zero-order valence-corrected chi connectivity index (χ0v) is 59.6. The molecule has 0 spiro atoms. The van der Waals surface area contributed by atoms with Crippen molar-refractivity contribution < 1.29 is 19.1 Å². The van der Waals surface area contributed by atoms with Gasteiger partial charge in [0.2, 0.25) is 0 Å². The van der Waals surface area contributed by atoms with Gasteiger partial charge in [-0.05, 0) is 132 Å². The minimum atomic E-state index is -0.353. The average Bonchev–Trinajstić information content (AvgIpc) is 1.55. The number of ether oxygens (including phenoxy) is 2. The van der Waals surface area contributed by atoms with Gasteiger partial charge in [0.05, 0.1) is 43.1 Å². The molecular formula is C75H78Cl4N4O4S4. The van der Waals surface area contributed by atoms with E-state index in [2.05, 4.69) is 67.5 Å². The van der Waals surface area contributed by atoms with Gasteiger partial charge in [0.25, 0.3) is 0 Å². The first-order chi connectivity index (χ1) is 44.0. The SMILES string of the molecule is CCCCC(CC)COc1cc(/C=C2\C(=O)c3cc(Cl)c(Cl)cc3C2=C(C#N)C#N)sc1-c1cc2c(s1)-c1sc(-c3sc(/C=C4\C(=O)c5cc(Cl)c(Cl)cc5C4=C(C#N)C#N)cc3OCC(CC)CCCC)cc1C2(CC(CC)CCCC)CC(CC)CCCC. The molecule has 474 valence electrons. The summed E-state index contributed by atoms with van der Waals surface area (Å²) in [7, 11) is 0. The maximum Gasteiger partial charge on any atom is 0.194 e. The van der Waals surface area contributed by atoms with Crippen molar-refractivity contribution in [3.05, 3.63) is 134 Å². The number of hydrogen-bond donors (Lipinski definition) is 0. The van der Waals surface area contributed by atoms with E-state index in [1.54, 1.807) is 69.6 Å². The van der Waals surface area contributed by atoms with Gasteiger partial charge in [-0.15, -0.1) is 45.3 Å². The molecule has 9 rings (SSSR count). The van der Waals surface area contributed by atoms with Gasteiger partial charge in [-0.1, -0.05) is 192 Å². The lowest BCUT2D eigenvalue weighted by Crippen LogP contribution is -2.31. The van der Waals surface area contributed by atoms with E-state index in [1.165, 1.54) is 33.0 Å². The molecule has 3 aliphatic carbocycles. The summed E-state index contributed by atoms with van der Waals surface area (Å²) in [5.74, 6) is 2.34. The van der Waals surface area contributed by atoms with Gasteiger partial charge < -0.3 is 9.47 Å². The molecule has 0 saturated heterocycles. The minimum absolute atomic E-state index is 0.188. The van der Waals surface area contributed by atoms with Crippen LogP contribution in [0.4, 0.5) is 0 Å². The normalized spacial score (nSPS) is 16.9. The molecule has 0 radical (unpaired) electrons. The van der Waals surface area contributed by atoms with Crippen molar-refractivity contribution in [2.45, 2.75) is 176 Å². The molecule has 4 atom stereocenters. The molecule has 6 aromatic rings. The van der Waals surface area contributed by atoms with Gasteiger partial charge in [0, 0.05) is 68.1 Å². The number of carbonyl (C=O) groups excluding carboxylic acids is 2. The summed E-state index contributed by atoms with van der Waals surface area (Å²) in [6, 6.07) is 23.3. The van der Waals surface area contributed by atoms with E-state index < -0.39 is 0 Å². The fourth-order valence-corrected chi connectivity index (χ4v) is 19.0. The summed E-state index contributed by atoms with van der Waals surface area (Å²) in [5, 5.41) is 42.1. The molecule has 0 aliphatic heterocycles. The Morgan fingerprint density at radius 2 is 0.791 bits per heavy atom. The highest BCUT2D eigenvalue weighted by molar-refractivity contribution is 7.29. The summed E-state index contributed by atoms with van der Waals surface area (Å²) < 4.78 is 14.1. The third kappa shape index (κ3) is 14.5. The van der Waals surface area contributed by atoms with E-state index in [9.17, 15) is 30.6 Å². The van der Waals surface area contributed by atoms with Crippen LogP contribution in [-0.2, 0) is 5.41 Å². The van der Waals surface area contributed by atoms with Crippen LogP contribution in [-0.4, -0.2) is 24.8 Å². The van der Waals surface area contributed by atoms with Crippen molar-refractivity contribution in [3.8, 4) is 65.0 Å². The van der Waals surface area contributed by atoms with Crippen LogP contribution >= 0.6 is 91.8 Å². The Balaban J connectivity index is 1.27. The van der Waals surface area contributed by atoms with Crippen molar-refractivity contribution in [2.75, 3.05) is 13.2 Å². The molecule has 8 nitrogen and oxygen atoms in total. The second-order valence-corrected chi connectivity index (χ2v) is 30.4. The van der Waals surface area contributed by atoms with Crippen LogP contribution in [0.2, 0.25) is 20.1 Å². The number of nitrogens with zero attached hydrogens (tertiary/aromatic N) is 4. The highest BCUT2D eigenvalue weighted by atomic mass is 35.5. The monoisotopic (exact) mass is 1370 g/mol. The number of benzene rings is 2. The van der Waals surface area contributed by atoms with Gasteiger partial charge in [0.1, 0.15) is 46.9 Å². The van der Waals surface area contributed by atoms with Gasteiger partial charge >= 0.3 is 0 Å². The molecule has 4 unspecified atom stereocenters. The fraction of sp³-hybridized carbons (Fsp3) is 0.440. The molecule has 0 saturated carbocycles. The second-order valence-electron chi connectivity index (χ2n) is 24.5. The Kier molecular flexibility index (Phi) is 24.1. The highest BCUT2D eigenvalue weighted by Gasteiger charge is 2.49. The molecule has 16 heteroatoms. The van der Waals surface area contributed by atoms with E-state index in [1.807, 2.05) is 36.4 Å². The zero-order valence-electron chi connectivity index (χ0n) is 53.3. The molecule has 4 heterocycles. The van der Waals surface area contributed by atoms with E-state index in [0.717, 1.165) is 156 Å². The first-order valence-electron chi connectivity index (χ1n) is 32.5. The summed E-state index contributed by atoms with van der Waals surface area (Å²) in [4.78, 5) is 37.1. The van der Waals surface area contributed by atoms with Crippen LogP contribution in [0.25, 0.3) is 52.6 Å². The lowest BCUT2D eigenvalue weighted by molar-refractivity contribution is 0.103. The van der Waals surface area contributed by atoms with Crippen molar-refractivity contribution in [1.29, 1.82) is 21.0 Å². The zero-order chi connectivity index (χ0) is 65.3. The standard InChI is InChI=1S/C75H78Cl4N4O4S4/c1-9-17-21-43(13-5)35-75(36-44(14-6)22-18-10-2)57-33-65(73-63(86-41-45(15-7)23-19-11-3)27-49(88-73)25-55-67(47(37-80)38-81)51-29-59(76)61(78)31-53(51)69(55)84)90-71(57)72-58(75)34-66(91-72)74-64(87-42-46(16-8)24-20-12-4)28-50(89-74)26-56-68(48(39-82)40-83)52-30-60(77)62(79)32-54(52)70(56)85/h25-34,43-46H,9-24,35-36,41-42H2,1-8H3/b55-25-,56-26-. The Bertz CT molecular complexity index is 3760. The van der Waals surface area contributed by atoms with Crippen molar-refractivity contribution in [3.63, 3.8) is 0 Å². The highest BCUT2D eigenvalue weighted by Crippen LogP contribution is 2.64. The number of hydrogen-bond acceptors (Lipinski definition) is 12. The number of rotatable bonds is 30. The summed E-state index contributed by atoms with van der Waals surface area (Å²) in [6.07, 6.45) is 22.8. The van der Waals surface area contributed by atoms with Crippen LogP contribution < -0.4 is 9.47 Å². The second kappa shape index (κ2) is 31.5. The van der Waals surface area contributed by atoms with Crippen LogP contribution in [0.15, 0.2) is 70.8 Å². The van der Waals surface area contributed by atoms with Gasteiger partial charge in [-0.2, -0.15) is 21.0 Å². The first-order valence-corrected chi connectivity index (χ1v) is 37.2. The first kappa shape index (κ1) is 69.6. The van der Waals surface area contributed by atoms with Crippen LogP contribution in [0.3, 0.4) is 0 Å². The topological polar surface area (TPSA) is 148 Å². The number of Topliss-reactive ketones (excluding diaryl/α,β-unsaturated/α-hetero) is 2. The molecule has 0 bridgehead atoms. The Morgan fingerprint density at radius 3 is 1.11 bits per heavy atom. The molecule has 4 aromatic heterocycles. The molecular weight excluding hydrogens is 1290 g/mol. The Labute approximate surface area is 574 Å². The van der Waals surface area contributed by atoms with E-state index in [0.29, 0.717) is 48.0 Å². The van der Waals surface area contributed by atoms with Gasteiger partial charge in [0.15, 0.2) is 11.6 Å². The third-order valence-electron chi connectivity index (χ3n) is 18.7. The van der Waals surface area contributed by atoms with E-state index in [4.69, 9.17) is 55.9 Å². The van der Waals surface area contributed by atoms with Crippen LogP contribution in [0.1, 0.15) is 224 Å². The number of thiophene rings is 4. The largest absolute Gasteiger partial charge is 0.492 e. The molecule has 0 fully saturated rings. The smallest absolute Gasteiger partial charge is 0.194 e. The van der Waals surface area contributed by atoms with Crippen molar-refractivity contribution >= 4 is 127 Å². The number of carbonyl (C=O) groups is 2. The molecule has 2 aromatic carbocycles. The summed E-state index contributed by atoms with van der Waals surface area (Å²) in [6.45, 7) is 19.2. The minimum Gasteiger partial charge on any atom is -0.492 e. The third-order valence-corrected chi connectivity index (χ3v) is 25.0. The maximum atomic E-state index is 14.5. The number of unbranched alkanes of at least 4 members (excludes halogenated alkanes) is 4. The van der Waals surface area contributed by atoms with Crippen molar-refractivity contribution in [2.24, 2.45) is 23.7 Å². The Morgan fingerprint density at radius 1 is 0.462 bits per heavy atom.